The number of methoxy groups -OCH3 is 1. The highest BCUT2D eigenvalue weighted by atomic mass is 19.1. The zero-order chi connectivity index (χ0) is 13.0. The maximum Gasteiger partial charge on any atom is 0.123 e. The highest BCUT2D eigenvalue weighted by Gasteiger charge is 2.16. The Morgan fingerprint density at radius 1 is 1.39 bits per heavy atom. The second-order valence-electron chi connectivity index (χ2n) is 4.89. The van der Waals surface area contributed by atoms with Crippen LogP contribution >= 0.6 is 0 Å². The van der Waals surface area contributed by atoms with Crippen LogP contribution in [0.1, 0.15) is 18.4 Å². The van der Waals surface area contributed by atoms with E-state index in [9.17, 15) is 4.39 Å². The summed E-state index contributed by atoms with van der Waals surface area (Å²) in [4.78, 5) is 2.38. The van der Waals surface area contributed by atoms with E-state index in [1.165, 1.54) is 6.07 Å². The summed E-state index contributed by atoms with van der Waals surface area (Å²) in [6, 6.07) is 5.04. The lowest BCUT2D eigenvalue weighted by molar-refractivity contribution is 0.215. The second-order valence-corrected chi connectivity index (χ2v) is 4.89. The fourth-order valence-corrected chi connectivity index (χ4v) is 2.40. The molecule has 0 unspecified atom stereocenters. The van der Waals surface area contributed by atoms with E-state index >= 15 is 0 Å². The van der Waals surface area contributed by atoms with Crippen molar-refractivity contribution in [3.63, 3.8) is 0 Å². The molecule has 0 amide bonds. The molecule has 0 aliphatic carbocycles. The van der Waals surface area contributed by atoms with Gasteiger partial charge in [0.05, 0.1) is 7.11 Å². The van der Waals surface area contributed by atoms with Gasteiger partial charge in [0.1, 0.15) is 11.6 Å². The Hall–Kier alpha value is -1.13. The summed E-state index contributed by atoms with van der Waals surface area (Å²) >= 11 is 0. The molecule has 1 aliphatic rings. The summed E-state index contributed by atoms with van der Waals surface area (Å²) in [5, 5.41) is 0. The van der Waals surface area contributed by atoms with Crippen LogP contribution in [0.2, 0.25) is 0 Å². The van der Waals surface area contributed by atoms with Crippen molar-refractivity contribution in [2.45, 2.75) is 25.3 Å². The van der Waals surface area contributed by atoms with Crippen LogP contribution in [-0.2, 0) is 6.42 Å². The molecule has 3 nitrogen and oxygen atoms in total. The van der Waals surface area contributed by atoms with Gasteiger partial charge in [-0.05, 0) is 56.1 Å². The van der Waals surface area contributed by atoms with Gasteiger partial charge in [0.15, 0.2) is 0 Å². The molecule has 0 spiro atoms. The van der Waals surface area contributed by atoms with Gasteiger partial charge in [-0.15, -0.1) is 0 Å². The minimum Gasteiger partial charge on any atom is -0.496 e. The highest BCUT2D eigenvalue weighted by Crippen LogP contribution is 2.20. The molecule has 2 N–H and O–H groups in total. The largest absolute Gasteiger partial charge is 0.496 e. The van der Waals surface area contributed by atoms with E-state index < -0.39 is 0 Å². The Morgan fingerprint density at radius 3 is 2.78 bits per heavy atom. The smallest absolute Gasteiger partial charge is 0.123 e. The van der Waals surface area contributed by atoms with Crippen molar-refractivity contribution >= 4 is 0 Å². The minimum absolute atomic E-state index is 0.202. The van der Waals surface area contributed by atoms with Crippen molar-refractivity contribution in [1.29, 1.82) is 0 Å². The number of halogens is 1. The van der Waals surface area contributed by atoms with Crippen LogP contribution in [0.25, 0.3) is 0 Å². The van der Waals surface area contributed by atoms with Gasteiger partial charge in [0, 0.05) is 12.6 Å². The van der Waals surface area contributed by atoms with Crippen molar-refractivity contribution < 1.29 is 9.13 Å². The van der Waals surface area contributed by atoms with Crippen LogP contribution in [0.3, 0.4) is 0 Å². The van der Waals surface area contributed by atoms with E-state index in [0.29, 0.717) is 6.04 Å². The number of hydrogen-bond acceptors (Lipinski definition) is 3. The summed E-state index contributed by atoms with van der Waals surface area (Å²) in [6.07, 6.45) is 2.93. The Kier molecular flexibility index (Phi) is 4.55. The summed E-state index contributed by atoms with van der Waals surface area (Å²) in [6.45, 7) is 3.02. The molecule has 1 fully saturated rings. The molecule has 4 heteroatoms. The van der Waals surface area contributed by atoms with Gasteiger partial charge in [0.2, 0.25) is 0 Å². The molecule has 0 aromatic heterocycles. The van der Waals surface area contributed by atoms with E-state index in [4.69, 9.17) is 10.5 Å². The van der Waals surface area contributed by atoms with Crippen LogP contribution in [0.5, 0.6) is 5.75 Å². The Morgan fingerprint density at radius 2 is 2.11 bits per heavy atom. The molecular formula is C14H21FN2O. The molecule has 1 saturated heterocycles. The number of nitrogens with zero attached hydrogens (tertiary/aromatic N) is 1. The summed E-state index contributed by atoms with van der Waals surface area (Å²) in [5.41, 5.74) is 6.81. The summed E-state index contributed by atoms with van der Waals surface area (Å²) in [7, 11) is 1.62. The lowest BCUT2D eigenvalue weighted by atomic mass is 10.0. The zero-order valence-electron chi connectivity index (χ0n) is 10.9. The number of ether oxygens (including phenoxy) is 1. The molecular weight excluding hydrogens is 231 g/mol. The fourth-order valence-electron chi connectivity index (χ4n) is 2.40. The van der Waals surface area contributed by atoms with Gasteiger partial charge in [0.25, 0.3) is 0 Å². The van der Waals surface area contributed by atoms with Crippen LogP contribution in [0.4, 0.5) is 4.39 Å². The van der Waals surface area contributed by atoms with E-state index in [1.807, 2.05) is 0 Å². The normalized spacial score (nSPS) is 17.9. The predicted molar refractivity (Wildman–Crippen MR) is 70.3 cm³/mol. The quantitative estimate of drug-likeness (QED) is 0.888. The molecule has 18 heavy (non-hydrogen) atoms. The molecule has 0 bridgehead atoms. The molecule has 1 aromatic carbocycles. The zero-order valence-corrected chi connectivity index (χ0v) is 10.9. The third-order valence-corrected chi connectivity index (χ3v) is 3.57. The van der Waals surface area contributed by atoms with Crippen molar-refractivity contribution in [2.75, 3.05) is 26.7 Å². The van der Waals surface area contributed by atoms with Gasteiger partial charge in [-0.2, -0.15) is 0 Å². The lowest BCUT2D eigenvalue weighted by Crippen LogP contribution is -2.40. The fraction of sp³-hybridized carbons (Fsp3) is 0.571. The maximum absolute atomic E-state index is 13.2. The molecule has 1 aliphatic heterocycles. The molecule has 100 valence electrons. The molecule has 0 atom stereocenters. The van der Waals surface area contributed by atoms with E-state index in [2.05, 4.69) is 4.90 Å². The number of rotatable bonds is 4. The van der Waals surface area contributed by atoms with Crippen LogP contribution < -0.4 is 10.5 Å². The van der Waals surface area contributed by atoms with E-state index in [-0.39, 0.29) is 5.82 Å². The van der Waals surface area contributed by atoms with Gasteiger partial charge in [-0.3, -0.25) is 0 Å². The summed E-state index contributed by atoms with van der Waals surface area (Å²) < 4.78 is 18.5. The van der Waals surface area contributed by atoms with Crippen molar-refractivity contribution in [2.24, 2.45) is 5.73 Å². The first-order valence-corrected chi connectivity index (χ1v) is 6.49. The predicted octanol–water partition coefficient (Wildman–Crippen LogP) is 1.80. The average molecular weight is 252 g/mol. The Balaban J connectivity index is 1.91. The van der Waals surface area contributed by atoms with Crippen molar-refractivity contribution in [1.82, 2.24) is 4.90 Å². The Labute approximate surface area is 108 Å². The number of likely N-dealkylation sites (tertiary alicyclic amines) is 1. The lowest BCUT2D eigenvalue weighted by Gasteiger charge is -2.30. The van der Waals surface area contributed by atoms with Gasteiger partial charge in [-0.1, -0.05) is 0 Å². The van der Waals surface area contributed by atoms with Gasteiger partial charge in [-0.25, -0.2) is 4.39 Å². The molecule has 1 aromatic rings. The average Bonchev–Trinajstić information content (AvgIpc) is 2.38. The van der Waals surface area contributed by atoms with Crippen molar-refractivity contribution in [3.05, 3.63) is 29.6 Å². The number of hydrogen-bond donors (Lipinski definition) is 1. The molecule has 2 rings (SSSR count). The monoisotopic (exact) mass is 252 g/mol. The second kappa shape index (κ2) is 6.16. The highest BCUT2D eigenvalue weighted by molar-refractivity contribution is 5.34. The third kappa shape index (κ3) is 3.43. The van der Waals surface area contributed by atoms with Crippen LogP contribution in [0, 0.1) is 5.82 Å². The maximum atomic E-state index is 13.2. The van der Waals surface area contributed by atoms with Gasteiger partial charge < -0.3 is 15.4 Å². The molecule has 1 heterocycles. The van der Waals surface area contributed by atoms with Crippen LogP contribution in [0.15, 0.2) is 18.2 Å². The minimum atomic E-state index is -0.202. The number of nitrogens with two attached hydrogens (primary N) is 1. The van der Waals surface area contributed by atoms with Crippen molar-refractivity contribution in [3.8, 4) is 5.75 Å². The third-order valence-electron chi connectivity index (χ3n) is 3.57. The Bertz CT molecular complexity index is 389. The first-order chi connectivity index (χ1) is 8.69. The topological polar surface area (TPSA) is 38.5 Å². The SMILES string of the molecule is COc1ccc(F)cc1CCN1CCC(N)CC1. The number of piperidine rings is 1. The van der Waals surface area contributed by atoms with E-state index in [0.717, 1.165) is 50.2 Å². The first-order valence-electron chi connectivity index (χ1n) is 6.49. The molecule has 0 saturated carbocycles. The van der Waals surface area contributed by atoms with Crippen LogP contribution in [-0.4, -0.2) is 37.7 Å². The first kappa shape index (κ1) is 13.3. The van der Waals surface area contributed by atoms with E-state index in [1.54, 1.807) is 19.2 Å². The number of benzene rings is 1. The molecule has 0 radical (unpaired) electrons. The standard InChI is InChI=1S/C14H21FN2O/c1-18-14-3-2-12(15)10-11(14)4-7-17-8-5-13(16)6-9-17/h2-3,10,13H,4-9,16H2,1H3. The summed E-state index contributed by atoms with van der Waals surface area (Å²) in [5.74, 6) is 0.566. The van der Waals surface area contributed by atoms with Gasteiger partial charge >= 0.3 is 0 Å².